The van der Waals surface area contributed by atoms with Crippen molar-refractivity contribution in [3.63, 3.8) is 0 Å². The molecule has 2 aliphatic carbocycles. The number of hydrogen-bond acceptors (Lipinski definition) is 2. The van der Waals surface area contributed by atoms with Crippen LogP contribution in [0.25, 0.3) is 0 Å². The van der Waals surface area contributed by atoms with Crippen LogP contribution in [0, 0.1) is 5.92 Å². The van der Waals surface area contributed by atoms with Crippen molar-refractivity contribution < 1.29 is 8.85 Å². The van der Waals surface area contributed by atoms with E-state index in [1.54, 1.807) is 11.1 Å². The topological polar surface area (TPSA) is 18.5 Å². The predicted octanol–water partition coefficient (Wildman–Crippen LogP) is 6.46. The van der Waals surface area contributed by atoms with Crippen LogP contribution in [0.15, 0.2) is 23.3 Å². The van der Waals surface area contributed by atoms with Crippen LogP contribution in [0.4, 0.5) is 0 Å². The third-order valence-corrected chi connectivity index (χ3v) is 7.56. The average Bonchev–Trinajstić information content (AvgIpc) is 3.06. The molecule has 3 heteroatoms. The molecule has 0 unspecified atom stereocenters. The maximum absolute atomic E-state index is 6.23. The standard InChI is InChI=1S/C22H40O2Si/c1-3-17-23-25(24-18-4-2)19-22(20-13-9-5-6-10-14-20)21-15-11-7-8-12-16-21/h13,15,22,25H,3-12,14,16-19H2,1-2H3. The molecule has 0 fully saturated rings. The van der Waals surface area contributed by atoms with Crippen LogP contribution in [-0.4, -0.2) is 22.5 Å². The molecule has 0 aromatic carbocycles. The highest BCUT2D eigenvalue weighted by Crippen LogP contribution is 2.36. The SMILES string of the molecule is CCCO[SiH](CC(C1=CCCCCC1)C1=CCCCCC1)OCCC. The van der Waals surface area contributed by atoms with Crippen molar-refractivity contribution in [2.75, 3.05) is 13.2 Å². The molecular formula is C22H40O2Si. The van der Waals surface area contributed by atoms with Gasteiger partial charge >= 0.3 is 9.28 Å². The molecule has 0 saturated carbocycles. The fraction of sp³-hybridized carbons (Fsp3) is 0.818. The van der Waals surface area contributed by atoms with Crippen molar-refractivity contribution in [2.24, 2.45) is 5.92 Å². The highest BCUT2D eigenvalue weighted by atomic mass is 28.3. The Bertz CT molecular complexity index is 380. The van der Waals surface area contributed by atoms with Crippen LogP contribution in [-0.2, 0) is 8.85 Å². The van der Waals surface area contributed by atoms with Crippen LogP contribution >= 0.6 is 0 Å². The maximum atomic E-state index is 6.23. The van der Waals surface area contributed by atoms with Gasteiger partial charge < -0.3 is 8.85 Å². The number of hydrogen-bond donors (Lipinski definition) is 0. The highest BCUT2D eigenvalue weighted by molar-refractivity contribution is 6.44. The Labute approximate surface area is 157 Å². The molecule has 0 aliphatic heterocycles. The van der Waals surface area contributed by atoms with Crippen LogP contribution in [0.1, 0.15) is 90.9 Å². The zero-order valence-corrected chi connectivity index (χ0v) is 17.9. The van der Waals surface area contributed by atoms with E-state index in [0.717, 1.165) is 32.1 Å². The lowest BCUT2D eigenvalue weighted by molar-refractivity contribution is 0.194. The van der Waals surface area contributed by atoms with Gasteiger partial charge in [-0.2, -0.15) is 0 Å². The lowest BCUT2D eigenvalue weighted by atomic mass is 9.87. The average molecular weight is 365 g/mol. The summed E-state index contributed by atoms with van der Waals surface area (Å²) >= 11 is 0. The van der Waals surface area contributed by atoms with Crippen LogP contribution in [0.5, 0.6) is 0 Å². The van der Waals surface area contributed by atoms with E-state index in [1.807, 2.05) is 0 Å². The lowest BCUT2D eigenvalue weighted by Crippen LogP contribution is -2.28. The second kappa shape index (κ2) is 12.9. The largest absolute Gasteiger partial charge is 0.397 e. The molecule has 2 nitrogen and oxygen atoms in total. The summed E-state index contributed by atoms with van der Waals surface area (Å²) in [6, 6.07) is 1.15. The van der Waals surface area contributed by atoms with Crippen molar-refractivity contribution in [3.05, 3.63) is 23.3 Å². The molecular weight excluding hydrogens is 324 g/mol. The van der Waals surface area contributed by atoms with Crippen molar-refractivity contribution in [3.8, 4) is 0 Å². The molecule has 0 saturated heterocycles. The van der Waals surface area contributed by atoms with Gasteiger partial charge in [-0.1, -0.05) is 50.0 Å². The molecule has 2 aliphatic rings. The Morgan fingerprint density at radius 1 is 0.800 bits per heavy atom. The summed E-state index contributed by atoms with van der Waals surface area (Å²) in [7, 11) is -1.58. The Kier molecular flexibility index (Phi) is 10.8. The molecule has 0 amide bonds. The van der Waals surface area contributed by atoms with Crippen LogP contribution in [0.2, 0.25) is 6.04 Å². The molecule has 0 spiro atoms. The summed E-state index contributed by atoms with van der Waals surface area (Å²) in [6.45, 7) is 6.13. The Balaban J connectivity index is 2.12. The molecule has 0 aromatic heterocycles. The monoisotopic (exact) mass is 364 g/mol. The molecule has 0 bridgehead atoms. The van der Waals surface area contributed by atoms with Gasteiger partial charge in [0.15, 0.2) is 0 Å². The van der Waals surface area contributed by atoms with Crippen molar-refractivity contribution in [1.82, 2.24) is 0 Å². The van der Waals surface area contributed by atoms with Crippen molar-refractivity contribution >= 4 is 9.28 Å². The zero-order valence-electron chi connectivity index (χ0n) is 16.7. The van der Waals surface area contributed by atoms with E-state index in [1.165, 1.54) is 64.2 Å². The highest BCUT2D eigenvalue weighted by Gasteiger charge is 2.26. The molecule has 0 heterocycles. The third-order valence-electron chi connectivity index (χ3n) is 5.49. The Morgan fingerprint density at radius 3 is 1.80 bits per heavy atom. The minimum absolute atomic E-state index is 0.613. The molecule has 0 N–H and O–H groups in total. The van der Waals surface area contributed by atoms with E-state index in [9.17, 15) is 0 Å². The molecule has 2 rings (SSSR count). The van der Waals surface area contributed by atoms with Gasteiger partial charge in [0.05, 0.1) is 0 Å². The van der Waals surface area contributed by atoms with E-state index in [2.05, 4.69) is 26.0 Å². The molecule has 0 atom stereocenters. The summed E-state index contributed by atoms with van der Waals surface area (Å²) in [5.74, 6) is 0.613. The Hall–Kier alpha value is -0.383. The predicted molar refractivity (Wildman–Crippen MR) is 110 cm³/mol. The van der Waals surface area contributed by atoms with Gasteiger partial charge in [0.2, 0.25) is 0 Å². The van der Waals surface area contributed by atoms with Gasteiger partial charge in [-0.05, 0) is 70.3 Å². The summed E-state index contributed by atoms with van der Waals surface area (Å²) < 4.78 is 12.5. The molecule has 25 heavy (non-hydrogen) atoms. The summed E-state index contributed by atoms with van der Waals surface area (Å²) in [6.07, 6.45) is 20.7. The quantitative estimate of drug-likeness (QED) is 0.327. The normalized spacial score (nSPS) is 19.5. The fourth-order valence-corrected chi connectivity index (χ4v) is 6.48. The summed E-state index contributed by atoms with van der Waals surface area (Å²) in [5, 5.41) is 0. The molecule has 0 radical (unpaired) electrons. The smallest absolute Gasteiger partial charge is 0.322 e. The van der Waals surface area contributed by atoms with E-state index >= 15 is 0 Å². The second-order valence-corrected chi connectivity index (χ2v) is 9.71. The van der Waals surface area contributed by atoms with Gasteiger partial charge in [0.25, 0.3) is 0 Å². The third kappa shape index (κ3) is 7.80. The first-order chi connectivity index (χ1) is 12.3. The van der Waals surface area contributed by atoms with Crippen molar-refractivity contribution in [1.29, 1.82) is 0 Å². The van der Waals surface area contributed by atoms with Crippen molar-refractivity contribution in [2.45, 2.75) is 96.9 Å². The first-order valence-electron chi connectivity index (χ1n) is 11.0. The first kappa shape index (κ1) is 20.9. The maximum Gasteiger partial charge on any atom is 0.322 e. The fourth-order valence-electron chi connectivity index (χ4n) is 4.13. The van der Waals surface area contributed by atoms with Crippen LogP contribution in [0.3, 0.4) is 0 Å². The van der Waals surface area contributed by atoms with Gasteiger partial charge in [-0.15, -0.1) is 0 Å². The van der Waals surface area contributed by atoms with E-state index in [-0.39, 0.29) is 0 Å². The zero-order chi connectivity index (χ0) is 17.7. The molecule has 0 aromatic rings. The van der Waals surface area contributed by atoms with Gasteiger partial charge in [-0.25, -0.2) is 0 Å². The minimum Gasteiger partial charge on any atom is -0.397 e. The van der Waals surface area contributed by atoms with E-state index in [0.29, 0.717) is 5.92 Å². The van der Waals surface area contributed by atoms with Gasteiger partial charge in [0, 0.05) is 19.1 Å². The summed E-state index contributed by atoms with van der Waals surface area (Å²) in [5.41, 5.74) is 3.42. The van der Waals surface area contributed by atoms with Gasteiger partial charge in [0.1, 0.15) is 0 Å². The second-order valence-electron chi connectivity index (χ2n) is 7.72. The molecule has 144 valence electrons. The Morgan fingerprint density at radius 2 is 1.32 bits per heavy atom. The van der Waals surface area contributed by atoms with E-state index < -0.39 is 9.28 Å². The lowest BCUT2D eigenvalue weighted by Gasteiger charge is -2.27. The van der Waals surface area contributed by atoms with E-state index in [4.69, 9.17) is 8.85 Å². The first-order valence-corrected chi connectivity index (χ1v) is 12.7. The number of allylic oxidation sites excluding steroid dienone is 4. The minimum atomic E-state index is -1.58. The van der Waals surface area contributed by atoms with Crippen LogP contribution < -0.4 is 0 Å². The number of rotatable bonds is 10. The van der Waals surface area contributed by atoms with Gasteiger partial charge in [-0.3, -0.25) is 0 Å². The summed E-state index contributed by atoms with van der Waals surface area (Å²) in [4.78, 5) is 0.